The molecule has 0 aromatic carbocycles. The van der Waals surface area contributed by atoms with Crippen LogP contribution in [0.4, 0.5) is 0 Å². The quantitative estimate of drug-likeness (QED) is 0.682. The summed E-state index contributed by atoms with van der Waals surface area (Å²) in [5, 5.41) is 0. The van der Waals surface area contributed by atoms with E-state index in [4.69, 9.17) is 0 Å². The van der Waals surface area contributed by atoms with Gasteiger partial charge in [0.05, 0.1) is 0 Å². The molecule has 1 aromatic rings. The van der Waals surface area contributed by atoms with Crippen molar-refractivity contribution in [2.24, 2.45) is 0 Å². The minimum absolute atomic E-state index is 0.985. The monoisotopic (exact) mass is 180 g/mol. The molecule has 0 atom stereocenters. The summed E-state index contributed by atoms with van der Waals surface area (Å²) in [6.07, 6.45) is 5.91. The van der Waals surface area contributed by atoms with E-state index in [1.165, 1.54) is 5.57 Å². The Morgan fingerprint density at radius 3 is 2.54 bits per heavy atom. The smallest absolute Gasteiger partial charge is 0.132 e. The van der Waals surface area contributed by atoms with Gasteiger partial charge in [0.1, 0.15) is 5.82 Å². The fourth-order valence-electron chi connectivity index (χ4n) is 0.986. The SMILES string of the molecule is CC.CCn1ccnc1C=C(C)C. The third kappa shape index (κ3) is 3.92. The Bertz CT molecular complexity index is 255. The maximum Gasteiger partial charge on any atom is 0.132 e. The van der Waals surface area contributed by atoms with E-state index in [9.17, 15) is 0 Å². The highest BCUT2D eigenvalue weighted by Crippen LogP contribution is 2.03. The summed E-state index contributed by atoms with van der Waals surface area (Å²) in [7, 11) is 0. The fourth-order valence-corrected chi connectivity index (χ4v) is 0.986. The van der Waals surface area contributed by atoms with Crippen LogP contribution in [0.2, 0.25) is 0 Å². The second kappa shape index (κ2) is 6.46. The second-order valence-corrected chi connectivity index (χ2v) is 2.79. The largest absolute Gasteiger partial charge is 0.332 e. The fraction of sp³-hybridized carbons (Fsp3) is 0.545. The van der Waals surface area contributed by atoms with Crippen molar-refractivity contribution in [1.82, 2.24) is 9.55 Å². The molecule has 0 aliphatic carbocycles. The van der Waals surface area contributed by atoms with Gasteiger partial charge in [0.2, 0.25) is 0 Å². The molecule has 2 heteroatoms. The predicted octanol–water partition coefficient (Wildman–Crippen LogP) is 3.35. The lowest BCUT2D eigenvalue weighted by atomic mass is 10.3. The zero-order valence-electron chi connectivity index (χ0n) is 9.33. The van der Waals surface area contributed by atoms with E-state index in [1.807, 2.05) is 26.2 Å². The van der Waals surface area contributed by atoms with Gasteiger partial charge in [-0.3, -0.25) is 0 Å². The van der Waals surface area contributed by atoms with Crippen molar-refractivity contribution >= 4 is 6.08 Å². The molecule has 0 unspecified atom stereocenters. The van der Waals surface area contributed by atoms with Crippen molar-refractivity contribution in [3.05, 3.63) is 23.8 Å². The van der Waals surface area contributed by atoms with Crippen molar-refractivity contribution in [3.63, 3.8) is 0 Å². The normalized spacial score (nSPS) is 8.69. The van der Waals surface area contributed by atoms with Crippen molar-refractivity contribution in [3.8, 4) is 0 Å². The van der Waals surface area contributed by atoms with Crippen LogP contribution in [0.5, 0.6) is 0 Å². The highest BCUT2D eigenvalue weighted by atomic mass is 15.0. The number of nitrogens with zero attached hydrogens (tertiary/aromatic N) is 2. The van der Waals surface area contributed by atoms with Gasteiger partial charge in [0.25, 0.3) is 0 Å². The maximum atomic E-state index is 4.21. The average molecular weight is 180 g/mol. The van der Waals surface area contributed by atoms with Gasteiger partial charge < -0.3 is 4.57 Å². The Hall–Kier alpha value is -1.05. The molecule has 1 rings (SSSR count). The van der Waals surface area contributed by atoms with E-state index in [-0.39, 0.29) is 0 Å². The molecule has 13 heavy (non-hydrogen) atoms. The minimum Gasteiger partial charge on any atom is -0.332 e. The minimum atomic E-state index is 0.985. The van der Waals surface area contributed by atoms with E-state index in [1.54, 1.807) is 0 Å². The predicted molar refractivity (Wildman–Crippen MR) is 58.6 cm³/mol. The van der Waals surface area contributed by atoms with Crippen LogP contribution in [0.15, 0.2) is 18.0 Å². The van der Waals surface area contributed by atoms with Gasteiger partial charge in [0, 0.05) is 18.9 Å². The summed E-state index contributed by atoms with van der Waals surface area (Å²) in [6, 6.07) is 0. The molecular weight excluding hydrogens is 160 g/mol. The molecule has 1 heterocycles. The van der Waals surface area contributed by atoms with E-state index in [0.717, 1.165) is 12.4 Å². The molecule has 0 radical (unpaired) electrons. The lowest BCUT2D eigenvalue weighted by Crippen LogP contribution is -1.95. The first-order valence-corrected chi connectivity index (χ1v) is 4.90. The number of aryl methyl sites for hydroxylation is 1. The van der Waals surface area contributed by atoms with Crippen molar-refractivity contribution in [1.29, 1.82) is 0 Å². The number of hydrogen-bond acceptors (Lipinski definition) is 1. The number of imidazole rings is 1. The maximum absolute atomic E-state index is 4.21. The first-order chi connectivity index (χ1) is 6.24. The summed E-state index contributed by atoms with van der Waals surface area (Å²) >= 11 is 0. The summed E-state index contributed by atoms with van der Waals surface area (Å²) < 4.78 is 2.12. The van der Waals surface area contributed by atoms with Crippen LogP contribution in [-0.2, 0) is 6.54 Å². The molecule has 2 nitrogen and oxygen atoms in total. The molecule has 1 aromatic heterocycles. The molecule has 0 spiro atoms. The first-order valence-electron chi connectivity index (χ1n) is 4.90. The van der Waals surface area contributed by atoms with Gasteiger partial charge in [-0.25, -0.2) is 4.98 Å². The van der Waals surface area contributed by atoms with E-state index in [2.05, 4.69) is 36.4 Å². The van der Waals surface area contributed by atoms with Gasteiger partial charge in [0.15, 0.2) is 0 Å². The van der Waals surface area contributed by atoms with Crippen LogP contribution in [0.25, 0.3) is 6.08 Å². The zero-order valence-corrected chi connectivity index (χ0v) is 9.33. The van der Waals surface area contributed by atoms with E-state index >= 15 is 0 Å². The number of allylic oxidation sites excluding steroid dienone is 1. The highest BCUT2D eigenvalue weighted by Gasteiger charge is 1.94. The van der Waals surface area contributed by atoms with Crippen LogP contribution >= 0.6 is 0 Å². The van der Waals surface area contributed by atoms with Gasteiger partial charge in [-0.05, 0) is 26.8 Å². The molecule has 0 bridgehead atoms. The average Bonchev–Trinajstić information content (AvgIpc) is 2.54. The topological polar surface area (TPSA) is 17.8 Å². The van der Waals surface area contributed by atoms with Crippen LogP contribution in [0, 0.1) is 0 Å². The summed E-state index contributed by atoms with van der Waals surface area (Å²) in [5.41, 5.74) is 1.28. The number of hydrogen-bond donors (Lipinski definition) is 0. The van der Waals surface area contributed by atoms with Gasteiger partial charge in [-0.15, -0.1) is 0 Å². The molecule has 0 amide bonds. The third-order valence-electron chi connectivity index (χ3n) is 1.51. The Labute approximate surface area is 81.3 Å². The van der Waals surface area contributed by atoms with Gasteiger partial charge in [-0.2, -0.15) is 0 Å². The third-order valence-corrected chi connectivity index (χ3v) is 1.51. The molecule has 0 saturated carbocycles. The highest BCUT2D eigenvalue weighted by molar-refractivity contribution is 5.43. The molecule has 0 N–H and O–H groups in total. The van der Waals surface area contributed by atoms with Crippen molar-refractivity contribution < 1.29 is 0 Å². The van der Waals surface area contributed by atoms with Crippen LogP contribution in [0.3, 0.4) is 0 Å². The second-order valence-electron chi connectivity index (χ2n) is 2.79. The van der Waals surface area contributed by atoms with Crippen molar-refractivity contribution in [2.45, 2.75) is 41.2 Å². The standard InChI is InChI=1S/C9H14N2.C2H6/c1-4-11-6-5-10-9(11)7-8(2)3;1-2/h5-7H,4H2,1-3H3;1-2H3. The Morgan fingerprint density at radius 1 is 1.46 bits per heavy atom. The first kappa shape index (κ1) is 11.9. The zero-order chi connectivity index (χ0) is 10.3. The lowest BCUT2D eigenvalue weighted by molar-refractivity contribution is 0.752. The Balaban J connectivity index is 0.000000671. The van der Waals surface area contributed by atoms with Crippen LogP contribution < -0.4 is 0 Å². The van der Waals surface area contributed by atoms with Gasteiger partial charge in [-0.1, -0.05) is 19.4 Å². The number of aromatic nitrogens is 2. The van der Waals surface area contributed by atoms with E-state index in [0.29, 0.717) is 0 Å². The summed E-state index contributed by atoms with van der Waals surface area (Å²) in [4.78, 5) is 4.21. The lowest BCUT2D eigenvalue weighted by Gasteiger charge is -1.99. The molecular formula is C11H20N2. The molecule has 0 fully saturated rings. The van der Waals surface area contributed by atoms with Gasteiger partial charge >= 0.3 is 0 Å². The Kier molecular flexibility index (Phi) is 5.94. The van der Waals surface area contributed by atoms with Crippen LogP contribution in [0.1, 0.15) is 40.4 Å². The Morgan fingerprint density at radius 2 is 2.08 bits per heavy atom. The molecule has 0 saturated heterocycles. The van der Waals surface area contributed by atoms with Crippen LogP contribution in [-0.4, -0.2) is 9.55 Å². The molecule has 0 aliphatic rings. The van der Waals surface area contributed by atoms with Crippen molar-refractivity contribution in [2.75, 3.05) is 0 Å². The summed E-state index contributed by atoms with van der Waals surface area (Å²) in [5.74, 6) is 1.05. The van der Waals surface area contributed by atoms with E-state index < -0.39 is 0 Å². The summed E-state index contributed by atoms with van der Waals surface area (Å²) in [6.45, 7) is 11.3. The number of rotatable bonds is 2. The molecule has 74 valence electrons. The molecule has 0 aliphatic heterocycles.